The molecule has 0 atom stereocenters. The van der Waals surface area contributed by atoms with Crippen molar-refractivity contribution in [1.82, 2.24) is 20.2 Å². The lowest BCUT2D eigenvalue weighted by Crippen LogP contribution is -2.53. The summed E-state index contributed by atoms with van der Waals surface area (Å²) in [5, 5.41) is 7.06. The fourth-order valence-electron chi connectivity index (χ4n) is 5.48. The molecule has 1 aromatic heterocycles. The molecular formula is C24H32N6O2. The van der Waals surface area contributed by atoms with E-state index >= 15 is 0 Å². The number of ether oxygens (including phenoxy) is 2. The van der Waals surface area contributed by atoms with Crippen LogP contribution in [0.2, 0.25) is 0 Å². The van der Waals surface area contributed by atoms with Crippen molar-refractivity contribution in [2.45, 2.75) is 38.3 Å². The fourth-order valence-corrected chi connectivity index (χ4v) is 5.48. The van der Waals surface area contributed by atoms with Gasteiger partial charge in [0, 0.05) is 38.1 Å². The van der Waals surface area contributed by atoms with Crippen LogP contribution in [0.1, 0.15) is 35.4 Å². The average Bonchev–Trinajstić information content (AvgIpc) is 2.99. The number of fused-ring (bicyclic) bond motifs is 2. The molecule has 4 aliphatic rings. The number of hydrogen-bond acceptors (Lipinski definition) is 8. The molecule has 6 rings (SSSR count). The van der Waals surface area contributed by atoms with Gasteiger partial charge in [-0.3, -0.25) is 4.90 Å². The topological polar surface area (TPSA) is 74.8 Å². The van der Waals surface area contributed by atoms with E-state index in [4.69, 9.17) is 9.47 Å². The first kappa shape index (κ1) is 20.2. The van der Waals surface area contributed by atoms with Crippen molar-refractivity contribution >= 4 is 17.3 Å². The highest BCUT2D eigenvalue weighted by atomic mass is 16.5. The molecule has 8 nitrogen and oxygen atoms in total. The van der Waals surface area contributed by atoms with Crippen molar-refractivity contribution in [1.29, 1.82) is 0 Å². The van der Waals surface area contributed by atoms with Gasteiger partial charge in [0.15, 0.2) is 0 Å². The van der Waals surface area contributed by atoms with E-state index in [1.165, 1.54) is 24.0 Å². The zero-order valence-electron chi connectivity index (χ0n) is 18.8. The Labute approximate surface area is 189 Å². The first-order chi connectivity index (χ1) is 15.8. The molecule has 8 heteroatoms. The van der Waals surface area contributed by atoms with Crippen molar-refractivity contribution in [2.24, 2.45) is 0 Å². The number of anilines is 3. The fraction of sp³-hybridized carbons (Fsp3) is 0.583. The van der Waals surface area contributed by atoms with Gasteiger partial charge in [0.25, 0.3) is 0 Å². The first-order valence-corrected chi connectivity index (χ1v) is 11.9. The third-order valence-corrected chi connectivity index (χ3v) is 7.35. The Morgan fingerprint density at radius 2 is 1.88 bits per heavy atom. The quantitative estimate of drug-likeness (QED) is 0.760. The highest BCUT2D eigenvalue weighted by molar-refractivity contribution is 5.73. The number of benzene rings is 1. The van der Waals surface area contributed by atoms with Crippen LogP contribution in [0.3, 0.4) is 0 Å². The largest absolute Gasteiger partial charge is 0.486 e. The molecule has 170 valence electrons. The Bertz CT molecular complexity index is 981. The summed E-state index contributed by atoms with van der Waals surface area (Å²) in [5.41, 5.74) is 4.62. The van der Waals surface area contributed by atoms with Crippen LogP contribution in [0.15, 0.2) is 18.5 Å². The van der Waals surface area contributed by atoms with E-state index in [0.29, 0.717) is 12.5 Å². The molecule has 2 N–H and O–H groups in total. The van der Waals surface area contributed by atoms with Gasteiger partial charge in [-0.1, -0.05) is 6.07 Å². The van der Waals surface area contributed by atoms with Crippen molar-refractivity contribution in [3.05, 3.63) is 35.2 Å². The van der Waals surface area contributed by atoms with Crippen molar-refractivity contribution < 1.29 is 9.47 Å². The zero-order chi connectivity index (χ0) is 21.5. The Kier molecular flexibility index (Phi) is 5.37. The predicted molar refractivity (Wildman–Crippen MR) is 124 cm³/mol. The predicted octanol–water partition coefficient (Wildman–Crippen LogP) is 2.41. The minimum Gasteiger partial charge on any atom is -0.486 e. The van der Waals surface area contributed by atoms with Crippen LogP contribution in [0, 0.1) is 6.92 Å². The molecule has 0 amide bonds. The minimum absolute atomic E-state index is 0.468. The standard InChI is InChI=1S/C24H32N6O2/c1-16-10-17(18-12-30(13-18)19-2-4-25-5-3-19)11-21-22(16)32-14-20-23(28-21)26-15-27-24(20)29-6-8-31-9-7-29/h10-11,15,18-19,25H,2-9,12-14H2,1H3,(H,26,27,28). The summed E-state index contributed by atoms with van der Waals surface area (Å²) in [7, 11) is 0. The zero-order valence-corrected chi connectivity index (χ0v) is 18.8. The van der Waals surface area contributed by atoms with Gasteiger partial charge in [0.2, 0.25) is 0 Å². The van der Waals surface area contributed by atoms with E-state index in [1.807, 2.05) is 0 Å². The van der Waals surface area contributed by atoms with Crippen LogP contribution in [0.4, 0.5) is 17.3 Å². The second-order valence-corrected chi connectivity index (χ2v) is 9.38. The Hall–Kier alpha value is -2.42. The first-order valence-electron chi connectivity index (χ1n) is 11.9. The number of piperidine rings is 1. The van der Waals surface area contributed by atoms with E-state index in [9.17, 15) is 0 Å². The van der Waals surface area contributed by atoms with Crippen LogP contribution < -0.4 is 20.3 Å². The molecule has 2 aromatic rings. The highest BCUT2D eigenvalue weighted by Crippen LogP contribution is 2.41. The number of nitrogens with zero attached hydrogens (tertiary/aromatic N) is 4. The maximum Gasteiger partial charge on any atom is 0.146 e. The van der Waals surface area contributed by atoms with E-state index in [-0.39, 0.29) is 0 Å². The van der Waals surface area contributed by atoms with Crippen molar-refractivity contribution in [3.8, 4) is 5.75 Å². The molecule has 4 aliphatic heterocycles. The Morgan fingerprint density at radius 1 is 1.06 bits per heavy atom. The van der Waals surface area contributed by atoms with Crippen LogP contribution in [-0.2, 0) is 11.3 Å². The second-order valence-electron chi connectivity index (χ2n) is 9.38. The van der Waals surface area contributed by atoms with E-state index in [2.05, 4.69) is 49.5 Å². The molecule has 32 heavy (non-hydrogen) atoms. The molecule has 0 aliphatic carbocycles. The number of aryl methyl sites for hydroxylation is 1. The molecular weight excluding hydrogens is 404 g/mol. The molecule has 3 saturated heterocycles. The third-order valence-electron chi connectivity index (χ3n) is 7.35. The summed E-state index contributed by atoms with van der Waals surface area (Å²) in [4.78, 5) is 14.1. The van der Waals surface area contributed by atoms with Gasteiger partial charge in [0.05, 0.1) is 24.5 Å². The summed E-state index contributed by atoms with van der Waals surface area (Å²) >= 11 is 0. The number of nitrogens with one attached hydrogen (secondary N) is 2. The lowest BCUT2D eigenvalue weighted by Gasteiger charge is -2.46. The van der Waals surface area contributed by atoms with Gasteiger partial charge in [-0.25, -0.2) is 9.97 Å². The van der Waals surface area contributed by atoms with Crippen molar-refractivity contribution in [3.63, 3.8) is 0 Å². The smallest absolute Gasteiger partial charge is 0.146 e. The maximum atomic E-state index is 6.32. The van der Waals surface area contributed by atoms with Gasteiger partial charge in [-0.15, -0.1) is 0 Å². The number of morpholine rings is 1. The van der Waals surface area contributed by atoms with Crippen LogP contribution in [0.25, 0.3) is 0 Å². The lowest BCUT2D eigenvalue weighted by molar-refractivity contribution is 0.0729. The summed E-state index contributed by atoms with van der Waals surface area (Å²) in [5.74, 6) is 3.32. The van der Waals surface area contributed by atoms with Gasteiger partial charge in [-0.05, 0) is 50.0 Å². The minimum atomic E-state index is 0.468. The number of aromatic nitrogens is 2. The molecule has 0 spiro atoms. The van der Waals surface area contributed by atoms with Crippen molar-refractivity contribution in [2.75, 3.05) is 62.7 Å². The maximum absolute atomic E-state index is 6.32. The molecule has 5 heterocycles. The van der Waals surface area contributed by atoms with E-state index < -0.39 is 0 Å². The molecule has 0 bridgehead atoms. The molecule has 0 saturated carbocycles. The molecule has 3 fully saturated rings. The van der Waals surface area contributed by atoms with Gasteiger partial charge >= 0.3 is 0 Å². The normalized spacial score (nSPS) is 22.2. The van der Waals surface area contributed by atoms with Crippen LogP contribution in [-0.4, -0.2) is 73.4 Å². The summed E-state index contributed by atoms with van der Waals surface area (Å²) in [6.07, 6.45) is 4.20. The third kappa shape index (κ3) is 3.70. The Morgan fingerprint density at radius 3 is 2.69 bits per heavy atom. The monoisotopic (exact) mass is 436 g/mol. The number of likely N-dealkylation sites (tertiary alicyclic amines) is 1. The highest BCUT2D eigenvalue weighted by Gasteiger charge is 2.34. The number of rotatable bonds is 3. The van der Waals surface area contributed by atoms with Gasteiger partial charge in [0.1, 0.15) is 30.3 Å². The van der Waals surface area contributed by atoms with Gasteiger partial charge in [-0.2, -0.15) is 0 Å². The lowest BCUT2D eigenvalue weighted by atomic mass is 9.87. The summed E-state index contributed by atoms with van der Waals surface area (Å²) in [6.45, 7) is 10.4. The molecule has 0 unspecified atom stereocenters. The van der Waals surface area contributed by atoms with E-state index in [0.717, 1.165) is 87.2 Å². The number of hydrogen-bond donors (Lipinski definition) is 2. The molecule has 1 aromatic carbocycles. The Balaban J connectivity index is 1.23. The summed E-state index contributed by atoms with van der Waals surface area (Å²) < 4.78 is 11.8. The summed E-state index contributed by atoms with van der Waals surface area (Å²) in [6, 6.07) is 5.34. The van der Waals surface area contributed by atoms with E-state index in [1.54, 1.807) is 6.33 Å². The second kappa shape index (κ2) is 8.50. The average molecular weight is 437 g/mol. The molecule has 0 radical (unpaired) electrons. The van der Waals surface area contributed by atoms with Crippen LogP contribution >= 0.6 is 0 Å². The van der Waals surface area contributed by atoms with Gasteiger partial charge < -0.3 is 25.0 Å². The SMILES string of the molecule is Cc1cc(C2CN(C3CCNCC3)C2)cc2c1OCc1c(ncnc1N1CCOCC1)N2. The van der Waals surface area contributed by atoms with Crippen LogP contribution in [0.5, 0.6) is 5.75 Å².